The third kappa shape index (κ3) is 2.46. The van der Waals surface area contributed by atoms with Gasteiger partial charge >= 0.3 is 5.97 Å². The van der Waals surface area contributed by atoms with Crippen molar-refractivity contribution in [2.75, 3.05) is 19.0 Å². The summed E-state index contributed by atoms with van der Waals surface area (Å²) >= 11 is 0. The monoisotopic (exact) mass is 253 g/mol. The van der Waals surface area contributed by atoms with E-state index in [1.165, 1.54) is 31.4 Å². The van der Waals surface area contributed by atoms with Gasteiger partial charge in [0.25, 0.3) is 0 Å². The summed E-state index contributed by atoms with van der Waals surface area (Å²) in [6.07, 6.45) is 1.73. The van der Waals surface area contributed by atoms with Crippen LogP contribution in [-0.2, 0) is 9.53 Å². The van der Waals surface area contributed by atoms with E-state index in [-0.39, 0.29) is 18.3 Å². The third-order valence-corrected chi connectivity index (χ3v) is 3.24. The van der Waals surface area contributed by atoms with Gasteiger partial charge in [-0.2, -0.15) is 0 Å². The molecule has 1 fully saturated rings. The van der Waals surface area contributed by atoms with E-state index in [1.807, 2.05) is 0 Å². The smallest absolute Gasteiger partial charge is 0.332 e. The van der Waals surface area contributed by atoms with Gasteiger partial charge in [0.1, 0.15) is 5.82 Å². The van der Waals surface area contributed by atoms with Crippen LogP contribution in [0.4, 0.5) is 10.1 Å². The highest BCUT2D eigenvalue weighted by Crippen LogP contribution is 2.42. The van der Waals surface area contributed by atoms with Gasteiger partial charge in [-0.15, -0.1) is 0 Å². The van der Waals surface area contributed by atoms with E-state index in [4.69, 9.17) is 4.74 Å². The molecule has 18 heavy (non-hydrogen) atoms. The zero-order chi connectivity index (χ0) is 13.2. The molecule has 0 bridgehead atoms. The Kier molecular flexibility index (Phi) is 3.52. The molecule has 1 aromatic rings. The van der Waals surface area contributed by atoms with Crippen LogP contribution in [0.2, 0.25) is 0 Å². The van der Waals surface area contributed by atoms with Crippen LogP contribution in [-0.4, -0.2) is 30.3 Å². The van der Waals surface area contributed by atoms with Gasteiger partial charge in [0.15, 0.2) is 5.54 Å². The number of ether oxygens (including phenoxy) is 1. The fourth-order valence-electron chi connectivity index (χ4n) is 2.14. The van der Waals surface area contributed by atoms with Crippen LogP contribution in [0.25, 0.3) is 0 Å². The Bertz CT molecular complexity index is 430. The second kappa shape index (κ2) is 4.94. The SMILES string of the molecule is COCC(Nc1ccc(F)cc1)(C(=O)O)C1CC1. The van der Waals surface area contributed by atoms with Gasteiger partial charge in [0.2, 0.25) is 0 Å². The van der Waals surface area contributed by atoms with E-state index >= 15 is 0 Å². The van der Waals surface area contributed by atoms with Crippen molar-refractivity contribution in [3.8, 4) is 0 Å². The molecule has 1 aliphatic carbocycles. The summed E-state index contributed by atoms with van der Waals surface area (Å²) in [5.74, 6) is -1.23. The quantitative estimate of drug-likeness (QED) is 0.815. The number of carboxylic acid groups (broad SMARTS) is 1. The second-order valence-corrected chi connectivity index (χ2v) is 4.62. The van der Waals surface area contributed by atoms with E-state index in [0.29, 0.717) is 5.69 Å². The lowest BCUT2D eigenvalue weighted by molar-refractivity contribution is -0.145. The van der Waals surface area contributed by atoms with Gasteiger partial charge in [0, 0.05) is 12.8 Å². The molecular weight excluding hydrogens is 237 g/mol. The van der Waals surface area contributed by atoms with E-state index in [0.717, 1.165) is 12.8 Å². The van der Waals surface area contributed by atoms with Crippen LogP contribution < -0.4 is 5.32 Å². The topological polar surface area (TPSA) is 58.6 Å². The molecule has 2 N–H and O–H groups in total. The summed E-state index contributed by atoms with van der Waals surface area (Å²) in [6.45, 7) is 0.0877. The van der Waals surface area contributed by atoms with Crippen LogP contribution in [0.15, 0.2) is 24.3 Å². The fraction of sp³-hybridized carbons (Fsp3) is 0.462. The number of anilines is 1. The number of halogens is 1. The van der Waals surface area contributed by atoms with Crippen molar-refractivity contribution in [1.29, 1.82) is 0 Å². The lowest BCUT2D eigenvalue weighted by atomic mass is 9.93. The number of methoxy groups -OCH3 is 1. The largest absolute Gasteiger partial charge is 0.479 e. The molecule has 1 aliphatic rings. The maximum Gasteiger partial charge on any atom is 0.332 e. The van der Waals surface area contributed by atoms with Crippen molar-refractivity contribution in [3.05, 3.63) is 30.1 Å². The van der Waals surface area contributed by atoms with E-state index in [9.17, 15) is 14.3 Å². The van der Waals surface area contributed by atoms with Crippen molar-refractivity contribution in [2.24, 2.45) is 5.92 Å². The molecule has 0 heterocycles. The Morgan fingerprint density at radius 2 is 2.11 bits per heavy atom. The Labute approximate surface area is 105 Å². The van der Waals surface area contributed by atoms with Crippen molar-refractivity contribution in [3.63, 3.8) is 0 Å². The maximum atomic E-state index is 12.8. The van der Waals surface area contributed by atoms with Crippen LogP contribution in [0.1, 0.15) is 12.8 Å². The van der Waals surface area contributed by atoms with Gasteiger partial charge in [-0.05, 0) is 43.0 Å². The number of carbonyl (C=O) groups is 1. The predicted octanol–water partition coefficient (Wildman–Crippen LogP) is 2.12. The zero-order valence-electron chi connectivity index (χ0n) is 10.1. The summed E-state index contributed by atoms with van der Waals surface area (Å²) in [7, 11) is 1.48. The molecule has 0 amide bonds. The zero-order valence-corrected chi connectivity index (χ0v) is 10.1. The molecule has 0 aliphatic heterocycles. The number of hydrogen-bond acceptors (Lipinski definition) is 3. The Morgan fingerprint density at radius 3 is 2.56 bits per heavy atom. The van der Waals surface area contributed by atoms with Crippen molar-refractivity contribution >= 4 is 11.7 Å². The van der Waals surface area contributed by atoms with Gasteiger partial charge in [-0.25, -0.2) is 9.18 Å². The maximum absolute atomic E-state index is 12.8. The normalized spacial score (nSPS) is 18.1. The summed E-state index contributed by atoms with van der Waals surface area (Å²) in [6, 6.07) is 5.67. The summed E-state index contributed by atoms with van der Waals surface area (Å²) in [5.41, 5.74) is -0.533. The lowest BCUT2D eigenvalue weighted by Crippen LogP contribution is -2.52. The van der Waals surface area contributed by atoms with E-state index in [1.54, 1.807) is 0 Å². The molecule has 4 nitrogen and oxygen atoms in total. The second-order valence-electron chi connectivity index (χ2n) is 4.62. The van der Waals surface area contributed by atoms with Crippen molar-refractivity contribution in [2.45, 2.75) is 18.4 Å². The summed E-state index contributed by atoms with van der Waals surface area (Å²) < 4.78 is 17.9. The number of carboxylic acids is 1. The highest BCUT2D eigenvalue weighted by Gasteiger charge is 2.51. The minimum atomic E-state index is -1.12. The molecular formula is C13H16FNO3. The standard InChI is InChI=1S/C13H16FNO3/c1-18-8-13(12(16)17,9-2-3-9)15-11-6-4-10(14)5-7-11/h4-7,9,15H,2-3,8H2,1H3,(H,16,17). The van der Waals surface area contributed by atoms with Crippen LogP contribution >= 0.6 is 0 Å². The average molecular weight is 253 g/mol. The van der Waals surface area contributed by atoms with Crippen LogP contribution in [0.5, 0.6) is 0 Å². The number of aliphatic carboxylic acids is 1. The number of benzene rings is 1. The third-order valence-electron chi connectivity index (χ3n) is 3.24. The number of nitrogens with one attached hydrogen (secondary N) is 1. The Morgan fingerprint density at radius 1 is 1.50 bits per heavy atom. The Balaban J connectivity index is 2.23. The minimum Gasteiger partial charge on any atom is -0.479 e. The molecule has 1 saturated carbocycles. The van der Waals surface area contributed by atoms with Crippen LogP contribution in [0.3, 0.4) is 0 Å². The molecule has 0 saturated heterocycles. The van der Waals surface area contributed by atoms with Gasteiger partial charge < -0.3 is 15.2 Å². The van der Waals surface area contributed by atoms with Gasteiger partial charge in [-0.3, -0.25) is 0 Å². The molecule has 0 aromatic heterocycles. The van der Waals surface area contributed by atoms with E-state index < -0.39 is 11.5 Å². The lowest BCUT2D eigenvalue weighted by Gasteiger charge is -2.31. The highest BCUT2D eigenvalue weighted by atomic mass is 19.1. The molecule has 0 radical (unpaired) electrons. The molecule has 1 aromatic carbocycles. The molecule has 5 heteroatoms. The molecule has 1 atom stereocenters. The first-order chi connectivity index (χ1) is 8.58. The minimum absolute atomic E-state index is 0.0556. The van der Waals surface area contributed by atoms with Gasteiger partial charge in [0.05, 0.1) is 6.61 Å². The number of rotatable bonds is 6. The average Bonchev–Trinajstić information content (AvgIpc) is 3.15. The molecule has 98 valence electrons. The van der Waals surface area contributed by atoms with Crippen molar-refractivity contribution < 1.29 is 19.0 Å². The van der Waals surface area contributed by atoms with E-state index in [2.05, 4.69) is 5.32 Å². The first kappa shape index (κ1) is 12.8. The summed E-state index contributed by atoms with van der Waals surface area (Å²) in [4.78, 5) is 11.5. The van der Waals surface area contributed by atoms with Crippen LogP contribution in [0, 0.1) is 11.7 Å². The summed E-state index contributed by atoms with van der Waals surface area (Å²) in [5, 5.41) is 12.5. The predicted molar refractivity (Wildman–Crippen MR) is 65.0 cm³/mol. The first-order valence-electron chi connectivity index (χ1n) is 5.84. The highest BCUT2D eigenvalue weighted by molar-refractivity contribution is 5.84. The molecule has 2 rings (SSSR count). The molecule has 1 unspecified atom stereocenters. The first-order valence-corrected chi connectivity index (χ1v) is 5.84. The number of hydrogen-bond donors (Lipinski definition) is 2. The van der Waals surface area contributed by atoms with Crippen molar-refractivity contribution in [1.82, 2.24) is 0 Å². The fourth-order valence-corrected chi connectivity index (χ4v) is 2.14. The van der Waals surface area contributed by atoms with Gasteiger partial charge in [-0.1, -0.05) is 0 Å². The molecule has 0 spiro atoms. The Hall–Kier alpha value is -1.62.